The van der Waals surface area contributed by atoms with Gasteiger partial charge >= 0.3 is 0 Å². The minimum Gasteiger partial charge on any atom is -0.494 e. The SMILES string of the molecule is CCCCCCCC1CCC(c2ccc(C#Cc3ccc(OCCC)cc3)cc2)CC1. The monoisotopic (exact) mass is 416 g/mol. The number of unbranched alkanes of at least 4 members (excludes halogenated alkanes) is 4. The number of ether oxygens (including phenoxy) is 1. The second-order valence-electron chi connectivity index (χ2n) is 9.17. The van der Waals surface area contributed by atoms with E-state index in [9.17, 15) is 0 Å². The maximum atomic E-state index is 5.64. The first-order chi connectivity index (χ1) is 15.3. The van der Waals surface area contributed by atoms with Gasteiger partial charge in [0.25, 0.3) is 0 Å². The number of rotatable bonds is 10. The van der Waals surface area contributed by atoms with E-state index in [1.165, 1.54) is 69.8 Å². The third-order valence-electron chi connectivity index (χ3n) is 6.62. The minimum absolute atomic E-state index is 0.744. The van der Waals surface area contributed by atoms with Gasteiger partial charge in [-0.15, -0.1) is 0 Å². The van der Waals surface area contributed by atoms with E-state index in [4.69, 9.17) is 4.74 Å². The molecule has 1 nitrogen and oxygen atoms in total. The van der Waals surface area contributed by atoms with Crippen molar-refractivity contribution >= 4 is 0 Å². The lowest BCUT2D eigenvalue weighted by Gasteiger charge is -2.29. The van der Waals surface area contributed by atoms with Gasteiger partial charge in [-0.1, -0.05) is 76.3 Å². The summed E-state index contributed by atoms with van der Waals surface area (Å²) in [4.78, 5) is 0. The zero-order valence-electron chi connectivity index (χ0n) is 19.7. The van der Waals surface area contributed by atoms with Crippen LogP contribution < -0.4 is 4.74 Å². The second-order valence-corrected chi connectivity index (χ2v) is 9.17. The Labute approximate surface area is 190 Å². The van der Waals surface area contributed by atoms with Gasteiger partial charge in [-0.3, -0.25) is 0 Å². The third kappa shape index (κ3) is 8.10. The lowest BCUT2D eigenvalue weighted by atomic mass is 9.77. The summed E-state index contributed by atoms with van der Waals surface area (Å²) in [5.41, 5.74) is 3.63. The Morgan fingerprint density at radius 1 is 0.710 bits per heavy atom. The van der Waals surface area contributed by atoms with E-state index in [1.807, 2.05) is 24.3 Å². The highest BCUT2D eigenvalue weighted by atomic mass is 16.5. The molecule has 0 atom stereocenters. The van der Waals surface area contributed by atoms with Crippen molar-refractivity contribution in [2.75, 3.05) is 6.61 Å². The molecular weight excluding hydrogens is 376 g/mol. The normalized spacial score (nSPS) is 18.3. The molecule has 0 spiro atoms. The summed E-state index contributed by atoms with van der Waals surface area (Å²) in [6, 6.07) is 17.1. The largest absolute Gasteiger partial charge is 0.494 e. The Hall–Kier alpha value is -2.20. The molecule has 0 unspecified atom stereocenters. The third-order valence-corrected chi connectivity index (χ3v) is 6.62. The maximum Gasteiger partial charge on any atom is 0.119 e. The molecule has 0 N–H and O–H groups in total. The second kappa shape index (κ2) is 13.3. The molecule has 0 amide bonds. The first kappa shape index (κ1) is 23.5. The van der Waals surface area contributed by atoms with Gasteiger partial charge in [-0.05, 0) is 85.9 Å². The molecule has 166 valence electrons. The van der Waals surface area contributed by atoms with Gasteiger partial charge in [0.05, 0.1) is 6.61 Å². The molecule has 3 rings (SSSR count). The Kier molecular flexibility index (Phi) is 10.0. The minimum atomic E-state index is 0.744. The smallest absolute Gasteiger partial charge is 0.119 e. The van der Waals surface area contributed by atoms with Crippen LogP contribution in [0.15, 0.2) is 48.5 Å². The van der Waals surface area contributed by atoms with Crippen molar-refractivity contribution in [2.24, 2.45) is 5.92 Å². The van der Waals surface area contributed by atoms with Crippen LogP contribution in [0.3, 0.4) is 0 Å². The van der Waals surface area contributed by atoms with Crippen LogP contribution in [0.5, 0.6) is 5.75 Å². The average Bonchev–Trinajstić information content (AvgIpc) is 2.83. The molecule has 1 aliphatic rings. The molecule has 1 fully saturated rings. The van der Waals surface area contributed by atoms with Crippen molar-refractivity contribution in [3.63, 3.8) is 0 Å². The summed E-state index contributed by atoms with van der Waals surface area (Å²) >= 11 is 0. The molecule has 1 heteroatoms. The van der Waals surface area contributed by atoms with E-state index < -0.39 is 0 Å². The lowest BCUT2D eigenvalue weighted by Crippen LogP contribution is -2.13. The Morgan fingerprint density at radius 2 is 1.32 bits per heavy atom. The molecule has 0 aliphatic heterocycles. The summed E-state index contributed by atoms with van der Waals surface area (Å²) < 4.78 is 5.64. The van der Waals surface area contributed by atoms with Crippen LogP contribution in [-0.2, 0) is 0 Å². The van der Waals surface area contributed by atoms with Gasteiger partial charge in [-0.25, -0.2) is 0 Å². The average molecular weight is 417 g/mol. The first-order valence-electron chi connectivity index (χ1n) is 12.6. The van der Waals surface area contributed by atoms with E-state index in [0.29, 0.717) is 0 Å². The number of hydrogen-bond acceptors (Lipinski definition) is 1. The standard InChI is InChI=1S/C30H40O/c1-3-5-6-7-8-9-25-12-18-28(19-13-25)29-20-14-26(15-21-29)10-11-27-16-22-30(23-17-27)31-24-4-2/h14-17,20-23,25,28H,3-9,12-13,18-19,24H2,1-2H3. The summed E-state index contributed by atoms with van der Waals surface area (Å²) in [6.07, 6.45) is 15.1. The first-order valence-corrected chi connectivity index (χ1v) is 12.6. The highest BCUT2D eigenvalue weighted by molar-refractivity contribution is 5.45. The van der Waals surface area contributed by atoms with Crippen LogP contribution in [-0.4, -0.2) is 6.61 Å². The van der Waals surface area contributed by atoms with Gasteiger partial charge in [0.15, 0.2) is 0 Å². The van der Waals surface area contributed by atoms with Gasteiger partial charge in [0.1, 0.15) is 5.75 Å². The summed E-state index contributed by atoms with van der Waals surface area (Å²) in [6.45, 7) is 5.17. The highest BCUT2D eigenvalue weighted by Crippen LogP contribution is 2.37. The molecule has 0 heterocycles. The quantitative estimate of drug-likeness (QED) is 0.278. The zero-order chi connectivity index (χ0) is 21.7. The Balaban J connectivity index is 1.44. The fraction of sp³-hybridized carbons (Fsp3) is 0.533. The van der Waals surface area contributed by atoms with Crippen molar-refractivity contribution in [1.82, 2.24) is 0 Å². The molecule has 31 heavy (non-hydrogen) atoms. The molecule has 1 aliphatic carbocycles. The van der Waals surface area contributed by atoms with Crippen LogP contribution in [0.2, 0.25) is 0 Å². The summed E-state index contributed by atoms with van der Waals surface area (Å²) in [7, 11) is 0. The van der Waals surface area contributed by atoms with Crippen LogP contribution >= 0.6 is 0 Å². The van der Waals surface area contributed by atoms with Gasteiger partial charge in [0, 0.05) is 11.1 Å². The van der Waals surface area contributed by atoms with E-state index in [-0.39, 0.29) is 0 Å². The fourth-order valence-electron chi connectivity index (χ4n) is 4.66. The summed E-state index contributed by atoms with van der Waals surface area (Å²) in [5, 5.41) is 0. The molecule has 0 aromatic heterocycles. The van der Waals surface area contributed by atoms with Crippen molar-refractivity contribution < 1.29 is 4.74 Å². The Morgan fingerprint density at radius 3 is 1.94 bits per heavy atom. The van der Waals surface area contributed by atoms with E-state index in [2.05, 4.69) is 50.0 Å². The molecular formula is C30H40O. The predicted octanol–water partition coefficient (Wildman–Crippen LogP) is 8.51. The molecule has 0 radical (unpaired) electrons. The van der Waals surface area contributed by atoms with Crippen LogP contribution in [0, 0.1) is 17.8 Å². The molecule has 2 aromatic rings. The van der Waals surface area contributed by atoms with E-state index in [0.717, 1.165) is 41.7 Å². The molecule has 0 saturated heterocycles. The highest BCUT2D eigenvalue weighted by Gasteiger charge is 2.21. The lowest BCUT2D eigenvalue weighted by molar-refractivity contribution is 0.302. The maximum absolute atomic E-state index is 5.64. The van der Waals surface area contributed by atoms with Crippen molar-refractivity contribution in [2.45, 2.75) is 90.4 Å². The Bertz CT molecular complexity index is 798. The van der Waals surface area contributed by atoms with Crippen molar-refractivity contribution in [3.8, 4) is 17.6 Å². The zero-order valence-corrected chi connectivity index (χ0v) is 19.7. The molecule has 1 saturated carbocycles. The van der Waals surface area contributed by atoms with Crippen LogP contribution in [0.1, 0.15) is 107 Å². The fourth-order valence-corrected chi connectivity index (χ4v) is 4.66. The van der Waals surface area contributed by atoms with Crippen molar-refractivity contribution in [1.29, 1.82) is 0 Å². The number of hydrogen-bond donors (Lipinski definition) is 0. The molecule has 0 bridgehead atoms. The number of benzene rings is 2. The van der Waals surface area contributed by atoms with Crippen molar-refractivity contribution in [3.05, 3.63) is 65.2 Å². The van der Waals surface area contributed by atoms with Crippen LogP contribution in [0.4, 0.5) is 0 Å². The summed E-state index contributed by atoms with van der Waals surface area (Å²) in [5.74, 6) is 9.22. The van der Waals surface area contributed by atoms with Gasteiger partial charge < -0.3 is 4.74 Å². The van der Waals surface area contributed by atoms with Gasteiger partial charge in [-0.2, -0.15) is 0 Å². The van der Waals surface area contributed by atoms with Crippen LogP contribution in [0.25, 0.3) is 0 Å². The van der Waals surface area contributed by atoms with E-state index >= 15 is 0 Å². The van der Waals surface area contributed by atoms with E-state index in [1.54, 1.807) is 0 Å². The molecule has 2 aromatic carbocycles. The topological polar surface area (TPSA) is 9.23 Å². The van der Waals surface area contributed by atoms with Gasteiger partial charge in [0.2, 0.25) is 0 Å². The predicted molar refractivity (Wildman–Crippen MR) is 133 cm³/mol.